The minimum absolute atomic E-state index is 0.612. The molecule has 20 nitrogen and oxygen atoms in total. The third-order valence-corrected chi connectivity index (χ3v) is 6.47. The fourth-order valence-electron chi connectivity index (χ4n) is 4.65. The first-order valence-electron chi connectivity index (χ1n) is 13.8. The van der Waals surface area contributed by atoms with E-state index in [9.17, 15) is 43.0 Å². The Kier molecular flexibility index (Phi) is 15.0. The number of carbonyl (C=O) groups is 7. The first-order valence-corrected chi connectivity index (χ1v) is 14.9. The Morgan fingerprint density at radius 2 is 0.851 bits per heavy atom. The van der Waals surface area contributed by atoms with Crippen molar-refractivity contribution in [3.63, 3.8) is 0 Å². The molecule has 2 aliphatic heterocycles. The highest BCUT2D eigenvalue weighted by molar-refractivity contribution is 7.32. The summed E-state index contributed by atoms with van der Waals surface area (Å²) < 4.78 is 71.0. The number of hydrogen-bond acceptors (Lipinski definition) is 19. The largest absolute Gasteiger partial charge is 0.697 e. The molecule has 0 aromatic rings. The summed E-state index contributed by atoms with van der Waals surface area (Å²) in [5, 5.41) is 0. The fourth-order valence-corrected chi connectivity index (χ4v) is 4.99. The average Bonchev–Trinajstić information content (AvgIpc) is 2.91. The molecule has 0 spiro atoms. The minimum Gasteiger partial charge on any atom is -0.463 e. The maximum Gasteiger partial charge on any atom is 0.697 e. The topological polar surface area (TPSA) is 258 Å². The summed E-state index contributed by atoms with van der Waals surface area (Å²) in [5.41, 5.74) is 0. The second-order valence-electron chi connectivity index (χ2n) is 10.0. The number of rotatable bonds is 13. The van der Waals surface area contributed by atoms with Crippen LogP contribution in [0.15, 0.2) is 0 Å². The van der Waals surface area contributed by atoms with E-state index in [1.54, 1.807) is 0 Å². The molecular formula is C26H36O20P+. The lowest BCUT2D eigenvalue weighted by Crippen LogP contribution is -2.67. The number of hydrogen-bond donors (Lipinski definition) is 1. The van der Waals surface area contributed by atoms with Gasteiger partial charge in [-0.3, -0.25) is 33.6 Å². The van der Waals surface area contributed by atoms with Crippen molar-refractivity contribution in [2.24, 2.45) is 0 Å². The van der Waals surface area contributed by atoms with Gasteiger partial charge in [0.2, 0.25) is 0 Å². The van der Waals surface area contributed by atoms with Crippen LogP contribution in [0.1, 0.15) is 48.5 Å². The van der Waals surface area contributed by atoms with Gasteiger partial charge in [0.1, 0.15) is 31.5 Å². The maximum absolute atomic E-state index is 12.3. The van der Waals surface area contributed by atoms with Crippen LogP contribution < -0.4 is 0 Å². The van der Waals surface area contributed by atoms with E-state index in [0.717, 1.165) is 48.5 Å². The van der Waals surface area contributed by atoms with Gasteiger partial charge < -0.3 is 47.4 Å². The van der Waals surface area contributed by atoms with Gasteiger partial charge in [-0.1, -0.05) is 4.52 Å². The van der Waals surface area contributed by atoms with E-state index in [2.05, 4.69) is 0 Å². The SMILES string of the molecule is CC(=O)OC[C@H]1O[C@@H](O[C@H]2[C@H](OC(C)=O)[C@H](OC(C)=O)[C@@H](O[P+](=O)O)O[C@@H]2COC(C)=O)[C@H](OC(C)=O)[C@@H](OC(C)=O)[C@H]1OC(C)=O. The first-order chi connectivity index (χ1) is 21.9. The first kappa shape index (κ1) is 39.4. The van der Waals surface area contributed by atoms with Crippen molar-refractivity contribution in [2.75, 3.05) is 13.2 Å². The summed E-state index contributed by atoms with van der Waals surface area (Å²) in [5.74, 6) is -6.36. The van der Waals surface area contributed by atoms with Gasteiger partial charge in [-0.25, -0.2) is 0 Å². The molecule has 1 N–H and O–H groups in total. The highest BCUT2D eigenvalue weighted by Crippen LogP contribution is 2.37. The molecule has 0 amide bonds. The summed E-state index contributed by atoms with van der Waals surface area (Å²) in [6.07, 6.45) is -17.0. The molecule has 2 heterocycles. The lowest BCUT2D eigenvalue weighted by molar-refractivity contribution is -0.354. The van der Waals surface area contributed by atoms with Crippen LogP contribution in [0.2, 0.25) is 0 Å². The van der Waals surface area contributed by atoms with E-state index in [1.807, 2.05) is 0 Å². The summed E-state index contributed by atoms with van der Waals surface area (Å²) in [6.45, 7) is 5.75. The Morgan fingerprint density at radius 1 is 0.511 bits per heavy atom. The second kappa shape index (κ2) is 17.9. The molecule has 2 saturated heterocycles. The van der Waals surface area contributed by atoms with E-state index in [-0.39, 0.29) is 0 Å². The fraction of sp³-hybridized carbons (Fsp3) is 0.731. The van der Waals surface area contributed by atoms with E-state index >= 15 is 0 Å². The normalized spacial score (nSPS) is 30.5. The van der Waals surface area contributed by atoms with Gasteiger partial charge in [0.05, 0.1) is 0 Å². The predicted octanol–water partition coefficient (Wildman–Crippen LogP) is -0.728. The molecule has 0 saturated carbocycles. The smallest absolute Gasteiger partial charge is 0.463 e. The summed E-state index contributed by atoms with van der Waals surface area (Å²) >= 11 is 0. The molecule has 2 rings (SSSR count). The van der Waals surface area contributed by atoms with Crippen LogP contribution in [0.5, 0.6) is 0 Å². The Morgan fingerprint density at radius 3 is 1.26 bits per heavy atom. The lowest BCUT2D eigenvalue weighted by Gasteiger charge is -2.48. The Bertz CT molecular complexity index is 1200. The highest BCUT2D eigenvalue weighted by atomic mass is 31.1. The summed E-state index contributed by atoms with van der Waals surface area (Å²) in [4.78, 5) is 93.6. The summed E-state index contributed by atoms with van der Waals surface area (Å²) in [7, 11) is -3.41. The van der Waals surface area contributed by atoms with Crippen molar-refractivity contribution in [1.82, 2.24) is 0 Å². The van der Waals surface area contributed by atoms with Crippen molar-refractivity contribution in [2.45, 2.75) is 110 Å². The van der Waals surface area contributed by atoms with Crippen molar-refractivity contribution >= 4 is 50.0 Å². The monoisotopic (exact) mass is 699 g/mol. The number of esters is 7. The molecule has 1 unspecified atom stereocenters. The Labute approximate surface area is 268 Å². The molecule has 0 aliphatic carbocycles. The molecule has 2 aliphatic rings. The number of ether oxygens (including phenoxy) is 10. The van der Waals surface area contributed by atoms with Crippen LogP contribution in [0.3, 0.4) is 0 Å². The molecule has 0 radical (unpaired) electrons. The van der Waals surface area contributed by atoms with E-state index in [1.165, 1.54) is 0 Å². The van der Waals surface area contributed by atoms with Gasteiger partial charge in [0.25, 0.3) is 6.29 Å². The zero-order valence-corrected chi connectivity index (χ0v) is 27.2. The molecule has 0 aromatic carbocycles. The molecule has 0 bridgehead atoms. The summed E-state index contributed by atoms with van der Waals surface area (Å²) in [6, 6.07) is 0. The van der Waals surface area contributed by atoms with Gasteiger partial charge in [-0.15, -0.1) is 4.89 Å². The minimum atomic E-state index is -3.41. The van der Waals surface area contributed by atoms with Crippen LogP contribution in [-0.2, 0) is 90.0 Å². The van der Waals surface area contributed by atoms with Crippen molar-refractivity contribution in [1.29, 1.82) is 0 Å². The molecule has 264 valence electrons. The van der Waals surface area contributed by atoms with Crippen molar-refractivity contribution in [3.8, 4) is 0 Å². The van der Waals surface area contributed by atoms with Gasteiger partial charge in [-0.05, 0) is 0 Å². The molecule has 21 heteroatoms. The van der Waals surface area contributed by atoms with Crippen LogP contribution in [0.4, 0.5) is 0 Å². The Hall–Kier alpha value is -3.81. The zero-order valence-electron chi connectivity index (χ0n) is 26.3. The van der Waals surface area contributed by atoms with E-state index in [0.29, 0.717) is 0 Å². The molecular weight excluding hydrogens is 663 g/mol. The van der Waals surface area contributed by atoms with Gasteiger partial charge in [0, 0.05) is 53.0 Å². The maximum atomic E-state index is 12.3. The average molecular weight is 700 g/mol. The molecule has 0 aromatic heterocycles. The molecule has 2 fully saturated rings. The third kappa shape index (κ3) is 12.4. The third-order valence-electron chi connectivity index (χ3n) is 6.08. The molecule has 11 atom stereocenters. The van der Waals surface area contributed by atoms with Crippen LogP contribution in [0.25, 0.3) is 0 Å². The van der Waals surface area contributed by atoms with E-state index in [4.69, 9.17) is 51.9 Å². The van der Waals surface area contributed by atoms with Gasteiger partial charge >= 0.3 is 50.0 Å². The zero-order chi connectivity index (χ0) is 35.6. The quantitative estimate of drug-likeness (QED) is 0.141. The molecule has 47 heavy (non-hydrogen) atoms. The van der Waals surface area contributed by atoms with Crippen LogP contribution >= 0.6 is 8.25 Å². The van der Waals surface area contributed by atoms with E-state index < -0.39 is 125 Å². The Balaban J connectivity index is 2.73. The van der Waals surface area contributed by atoms with Gasteiger partial charge in [-0.2, -0.15) is 0 Å². The highest BCUT2D eigenvalue weighted by Gasteiger charge is 2.58. The van der Waals surface area contributed by atoms with Crippen LogP contribution in [0, 0.1) is 0 Å². The predicted molar refractivity (Wildman–Crippen MR) is 144 cm³/mol. The van der Waals surface area contributed by atoms with Crippen LogP contribution in [-0.4, -0.2) is 121 Å². The lowest BCUT2D eigenvalue weighted by atomic mass is 9.96. The standard InChI is InChI=1S/C26H35O20P/c1-10(27)36-8-17-19(38-12(3)29)21(39-13(4)30)23(41-15(6)32)25(43-17)45-20-18(9-37-11(2)28)44-26(46-47(34)35)24(42-16(7)33)22(20)40-14(5)31/h17-26H,8-9H2,1-7H3/p+1/t17-,18-,19+,20-,21+,22+,23-,24+,25+,26-/m1/s1. The van der Waals surface area contributed by atoms with Crippen molar-refractivity contribution < 1.29 is 94.9 Å². The van der Waals surface area contributed by atoms with Gasteiger partial charge in [0.15, 0.2) is 36.8 Å². The second-order valence-corrected chi connectivity index (χ2v) is 10.7. The van der Waals surface area contributed by atoms with Crippen molar-refractivity contribution in [3.05, 3.63) is 0 Å². The number of carbonyl (C=O) groups excluding carboxylic acids is 7.